The summed E-state index contributed by atoms with van der Waals surface area (Å²) in [7, 11) is 3.06. The molecule has 1 unspecified atom stereocenters. The maximum Gasteiger partial charge on any atom is 0.336 e. The molecular weight excluding hydrogens is 546 g/mol. The molecule has 0 radical (unpaired) electrons. The highest BCUT2D eigenvalue weighted by Crippen LogP contribution is 2.37. The first-order valence-corrected chi connectivity index (χ1v) is 13.6. The molecule has 1 aliphatic rings. The van der Waals surface area contributed by atoms with Crippen LogP contribution in [0.5, 0.6) is 11.5 Å². The SMILES string of the molecule is CCOC(=O)C1=C(C)C=c2sc(=Cc3ccc(-c4ccccc4C(=O)O)o3)c(=O)n2C1c1ccc(OC)cc1OC. The van der Waals surface area contributed by atoms with Crippen molar-refractivity contribution in [2.75, 3.05) is 20.8 Å². The van der Waals surface area contributed by atoms with E-state index in [9.17, 15) is 19.5 Å². The summed E-state index contributed by atoms with van der Waals surface area (Å²) >= 11 is 1.25. The third-order valence-corrected chi connectivity index (χ3v) is 7.77. The van der Waals surface area contributed by atoms with Crippen molar-refractivity contribution in [2.45, 2.75) is 19.9 Å². The maximum atomic E-state index is 13.9. The van der Waals surface area contributed by atoms with Crippen LogP contribution >= 0.6 is 11.3 Å². The minimum absolute atomic E-state index is 0.110. The number of ether oxygens (including phenoxy) is 3. The van der Waals surface area contributed by atoms with E-state index in [2.05, 4.69) is 0 Å². The fraction of sp³-hybridized carbons (Fsp3) is 0.194. The van der Waals surface area contributed by atoms with Crippen molar-refractivity contribution in [2.24, 2.45) is 0 Å². The van der Waals surface area contributed by atoms with Crippen molar-refractivity contribution < 1.29 is 33.3 Å². The number of methoxy groups -OCH3 is 2. The molecule has 2 aromatic carbocycles. The van der Waals surface area contributed by atoms with E-state index in [1.807, 2.05) is 6.92 Å². The number of hydrogen-bond donors (Lipinski definition) is 1. The number of nitrogens with zero attached hydrogens (tertiary/aromatic N) is 1. The lowest BCUT2D eigenvalue weighted by molar-refractivity contribution is -0.139. The number of aromatic carboxylic acids is 1. The first-order valence-electron chi connectivity index (χ1n) is 12.7. The molecule has 9 nitrogen and oxygen atoms in total. The second kappa shape index (κ2) is 11.3. The molecule has 0 amide bonds. The number of esters is 1. The molecule has 210 valence electrons. The molecule has 0 saturated carbocycles. The quantitative estimate of drug-likeness (QED) is 0.315. The second-order valence-corrected chi connectivity index (χ2v) is 10.2. The summed E-state index contributed by atoms with van der Waals surface area (Å²) in [5.41, 5.74) is 1.81. The molecule has 1 atom stereocenters. The Hall–Kier alpha value is -4.83. The number of thiazole rings is 1. The van der Waals surface area contributed by atoms with Crippen LogP contribution in [0.15, 0.2) is 75.0 Å². The third kappa shape index (κ3) is 5.09. The number of carbonyl (C=O) groups excluding carboxylic acids is 1. The molecule has 0 bridgehead atoms. The Labute approximate surface area is 238 Å². The summed E-state index contributed by atoms with van der Waals surface area (Å²) in [6.45, 7) is 3.72. The zero-order chi connectivity index (χ0) is 29.3. The lowest BCUT2D eigenvalue weighted by atomic mass is 9.92. The summed E-state index contributed by atoms with van der Waals surface area (Å²) in [5, 5.41) is 9.55. The van der Waals surface area contributed by atoms with E-state index in [1.165, 1.54) is 24.5 Å². The summed E-state index contributed by atoms with van der Waals surface area (Å²) in [6.07, 6.45) is 3.40. The van der Waals surface area contributed by atoms with Crippen LogP contribution in [0.2, 0.25) is 0 Å². The standard InChI is InChI=1S/C31H27NO8S/c1-5-39-31(36)27-17(2)14-26-32(28(27)22-12-10-18(37-3)15-24(22)38-4)29(33)25(41-26)16-19-11-13-23(40-19)20-8-6-7-9-21(20)30(34)35/h6-16,28H,5H2,1-4H3,(H,34,35). The Balaban J connectivity index is 1.67. The summed E-state index contributed by atoms with van der Waals surface area (Å²) in [5.74, 6) is 0.175. The molecule has 0 saturated heterocycles. The first-order chi connectivity index (χ1) is 19.8. The number of allylic oxidation sites excluding steroid dienone is 1. The average molecular weight is 574 g/mol. The minimum Gasteiger partial charge on any atom is -0.497 e. The molecule has 1 aliphatic heterocycles. The van der Waals surface area contributed by atoms with Gasteiger partial charge in [-0.3, -0.25) is 9.36 Å². The molecule has 3 heterocycles. The van der Waals surface area contributed by atoms with Crippen molar-refractivity contribution in [1.82, 2.24) is 4.57 Å². The van der Waals surface area contributed by atoms with E-state index in [1.54, 1.807) is 79.3 Å². The number of aromatic nitrogens is 1. The highest BCUT2D eigenvalue weighted by atomic mass is 32.1. The molecule has 0 aliphatic carbocycles. The van der Waals surface area contributed by atoms with Gasteiger partial charge in [-0.2, -0.15) is 0 Å². The Morgan fingerprint density at radius 2 is 1.88 bits per heavy atom. The molecule has 5 rings (SSSR count). The van der Waals surface area contributed by atoms with Gasteiger partial charge in [0.2, 0.25) is 0 Å². The fourth-order valence-electron chi connectivity index (χ4n) is 4.88. The van der Waals surface area contributed by atoms with E-state index in [0.717, 1.165) is 0 Å². The van der Waals surface area contributed by atoms with Crippen LogP contribution < -0.4 is 24.2 Å². The summed E-state index contributed by atoms with van der Waals surface area (Å²) in [4.78, 5) is 38.8. The van der Waals surface area contributed by atoms with Crippen molar-refractivity contribution in [3.63, 3.8) is 0 Å². The molecule has 1 N–H and O–H groups in total. The monoisotopic (exact) mass is 573 g/mol. The smallest absolute Gasteiger partial charge is 0.336 e. The Kier molecular flexibility index (Phi) is 7.67. The van der Waals surface area contributed by atoms with Gasteiger partial charge < -0.3 is 23.7 Å². The predicted octanol–water partition coefficient (Wildman–Crippen LogP) is 3.98. The van der Waals surface area contributed by atoms with Gasteiger partial charge in [0.05, 0.1) is 47.2 Å². The number of benzene rings is 2. The van der Waals surface area contributed by atoms with Crippen molar-refractivity contribution in [1.29, 1.82) is 0 Å². The van der Waals surface area contributed by atoms with Crippen LogP contribution in [0, 0.1) is 0 Å². The van der Waals surface area contributed by atoms with Crippen molar-refractivity contribution >= 4 is 35.4 Å². The normalized spacial score (nSPS) is 14.8. The second-order valence-electron chi connectivity index (χ2n) is 9.15. The number of hydrogen-bond acceptors (Lipinski definition) is 8. The third-order valence-electron chi connectivity index (χ3n) is 6.73. The van der Waals surface area contributed by atoms with Crippen molar-refractivity contribution in [3.05, 3.63) is 102 Å². The van der Waals surface area contributed by atoms with Gasteiger partial charge in [0.1, 0.15) is 23.0 Å². The van der Waals surface area contributed by atoms with Crippen LogP contribution in [-0.2, 0) is 9.53 Å². The predicted molar refractivity (Wildman–Crippen MR) is 154 cm³/mol. The van der Waals surface area contributed by atoms with Crippen molar-refractivity contribution in [3.8, 4) is 22.8 Å². The van der Waals surface area contributed by atoms with Crippen LogP contribution in [0.4, 0.5) is 0 Å². The largest absolute Gasteiger partial charge is 0.497 e. The molecule has 0 fully saturated rings. The molecule has 41 heavy (non-hydrogen) atoms. The van der Waals surface area contributed by atoms with Crippen LogP contribution in [0.3, 0.4) is 0 Å². The number of rotatable bonds is 8. The highest BCUT2D eigenvalue weighted by molar-refractivity contribution is 7.07. The van der Waals surface area contributed by atoms with E-state index in [-0.39, 0.29) is 17.7 Å². The molecule has 2 aromatic heterocycles. The average Bonchev–Trinajstić information content (AvgIpc) is 3.56. The Bertz CT molecular complexity index is 1870. The zero-order valence-corrected chi connectivity index (χ0v) is 23.6. The lowest BCUT2D eigenvalue weighted by Crippen LogP contribution is -2.39. The number of furan rings is 1. The van der Waals surface area contributed by atoms with E-state index in [4.69, 9.17) is 18.6 Å². The molecule has 0 spiro atoms. The van der Waals surface area contributed by atoms with E-state index < -0.39 is 18.0 Å². The van der Waals surface area contributed by atoms with Gasteiger partial charge in [-0.25, -0.2) is 9.59 Å². The van der Waals surface area contributed by atoms with Gasteiger partial charge in [-0.05, 0) is 55.8 Å². The van der Waals surface area contributed by atoms with Gasteiger partial charge in [-0.15, -0.1) is 11.3 Å². The van der Waals surface area contributed by atoms with Gasteiger partial charge in [-0.1, -0.05) is 18.2 Å². The number of carbonyl (C=O) groups is 2. The Morgan fingerprint density at radius 1 is 1.10 bits per heavy atom. The number of fused-ring (bicyclic) bond motifs is 1. The Morgan fingerprint density at radius 3 is 2.59 bits per heavy atom. The summed E-state index contributed by atoms with van der Waals surface area (Å²) in [6, 6.07) is 14.3. The molecule has 4 aromatic rings. The molecule has 10 heteroatoms. The first kappa shape index (κ1) is 27.7. The number of carboxylic acid groups (broad SMARTS) is 1. The zero-order valence-electron chi connectivity index (χ0n) is 22.8. The maximum absolute atomic E-state index is 13.9. The van der Waals surface area contributed by atoms with Crippen LogP contribution in [-0.4, -0.2) is 42.4 Å². The van der Waals surface area contributed by atoms with E-state index in [0.29, 0.717) is 54.5 Å². The topological polar surface area (TPSA) is 117 Å². The lowest BCUT2D eigenvalue weighted by Gasteiger charge is -2.27. The van der Waals surface area contributed by atoms with Gasteiger partial charge in [0, 0.05) is 23.3 Å². The molecular formula is C31H27NO8S. The number of carboxylic acids is 1. The summed E-state index contributed by atoms with van der Waals surface area (Å²) < 4.78 is 24.9. The fourth-order valence-corrected chi connectivity index (χ4v) is 5.98. The minimum atomic E-state index is -1.07. The van der Waals surface area contributed by atoms with Crippen LogP contribution in [0.1, 0.15) is 41.6 Å². The van der Waals surface area contributed by atoms with Gasteiger partial charge in [0.25, 0.3) is 5.56 Å². The van der Waals surface area contributed by atoms with Gasteiger partial charge >= 0.3 is 11.9 Å². The highest BCUT2D eigenvalue weighted by Gasteiger charge is 2.34. The van der Waals surface area contributed by atoms with Gasteiger partial charge in [0.15, 0.2) is 0 Å². The van der Waals surface area contributed by atoms with Crippen LogP contribution in [0.25, 0.3) is 23.5 Å². The van der Waals surface area contributed by atoms with E-state index >= 15 is 0 Å².